The zero-order valence-electron chi connectivity index (χ0n) is 8.99. The fourth-order valence-electron chi connectivity index (χ4n) is 2.26. The van der Waals surface area contributed by atoms with Gasteiger partial charge < -0.3 is 15.5 Å². The molecule has 1 aromatic heterocycles. The smallest absolute Gasteiger partial charge is 0.0874 e. The number of ether oxygens (including phenoxy) is 1. The number of fused-ring (bicyclic) bond motifs is 1. The van der Waals surface area contributed by atoms with E-state index in [-0.39, 0.29) is 0 Å². The maximum absolute atomic E-state index is 5.83. The predicted octanol–water partition coefficient (Wildman–Crippen LogP) is 2.17. The van der Waals surface area contributed by atoms with E-state index in [1.54, 1.807) is 0 Å². The Balaban J connectivity index is 2.15. The van der Waals surface area contributed by atoms with E-state index >= 15 is 0 Å². The Labute approximate surface area is 94.2 Å². The van der Waals surface area contributed by atoms with E-state index in [4.69, 9.17) is 10.5 Å². The minimum absolute atomic E-state index is 0.555. The molecular formula is C13H14N2O. The number of H-pyrrole nitrogens is 1. The molecule has 1 aliphatic rings. The molecule has 3 nitrogen and oxygen atoms in total. The molecule has 1 aliphatic heterocycles. The third kappa shape index (κ3) is 1.37. The first kappa shape index (κ1) is 9.63. The molecular weight excluding hydrogens is 200 g/mol. The SMILES string of the molecule is NCc1c(-c2ccccc2)[nH]c2c1COC2. The first-order valence-electron chi connectivity index (χ1n) is 5.46. The summed E-state index contributed by atoms with van der Waals surface area (Å²) in [4.78, 5) is 3.42. The molecule has 3 heteroatoms. The van der Waals surface area contributed by atoms with Crippen LogP contribution in [0.1, 0.15) is 16.8 Å². The van der Waals surface area contributed by atoms with Crippen LogP contribution in [0.4, 0.5) is 0 Å². The van der Waals surface area contributed by atoms with Crippen LogP contribution >= 0.6 is 0 Å². The Bertz CT molecular complexity index is 502. The van der Waals surface area contributed by atoms with E-state index in [0.717, 1.165) is 5.69 Å². The van der Waals surface area contributed by atoms with Crippen molar-refractivity contribution in [1.82, 2.24) is 4.98 Å². The molecule has 0 aliphatic carbocycles. The number of nitrogens with two attached hydrogens (primary N) is 1. The molecule has 0 atom stereocenters. The van der Waals surface area contributed by atoms with Gasteiger partial charge in [0.15, 0.2) is 0 Å². The van der Waals surface area contributed by atoms with Crippen molar-refractivity contribution in [2.24, 2.45) is 5.73 Å². The molecule has 0 amide bonds. The zero-order chi connectivity index (χ0) is 11.0. The van der Waals surface area contributed by atoms with Crippen LogP contribution in [0.5, 0.6) is 0 Å². The molecule has 3 rings (SSSR count). The lowest BCUT2D eigenvalue weighted by Crippen LogP contribution is -2.00. The van der Waals surface area contributed by atoms with Crippen LogP contribution in [-0.2, 0) is 24.5 Å². The van der Waals surface area contributed by atoms with E-state index < -0.39 is 0 Å². The van der Waals surface area contributed by atoms with Gasteiger partial charge in [-0.2, -0.15) is 0 Å². The summed E-state index contributed by atoms with van der Waals surface area (Å²) in [6.45, 7) is 1.92. The van der Waals surface area contributed by atoms with Gasteiger partial charge in [-0.15, -0.1) is 0 Å². The Hall–Kier alpha value is -1.58. The number of aromatic nitrogens is 1. The van der Waals surface area contributed by atoms with Crippen molar-refractivity contribution in [2.75, 3.05) is 0 Å². The first-order valence-corrected chi connectivity index (χ1v) is 5.46. The van der Waals surface area contributed by atoms with Crippen molar-refractivity contribution in [2.45, 2.75) is 19.8 Å². The predicted molar refractivity (Wildman–Crippen MR) is 62.6 cm³/mol. The molecule has 1 aromatic carbocycles. The van der Waals surface area contributed by atoms with Gasteiger partial charge in [-0.1, -0.05) is 30.3 Å². The Morgan fingerprint density at radius 3 is 2.75 bits per heavy atom. The lowest BCUT2D eigenvalue weighted by Gasteiger charge is -2.04. The highest BCUT2D eigenvalue weighted by Gasteiger charge is 2.21. The molecule has 0 unspecified atom stereocenters. The van der Waals surface area contributed by atoms with Gasteiger partial charge in [-0.25, -0.2) is 0 Å². The van der Waals surface area contributed by atoms with E-state index in [0.29, 0.717) is 19.8 Å². The van der Waals surface area contributed by atoms with E-state index in [1.165, 1.54) is 22.4 Å². The van der Waals surface area contributed by atoms with E-state index in [9.17, 15) is 0 Å². The summed E-state index contributed by atoms with van der Waals surface area (Å²) in [5, 5.41) is 0. The molecule has 0 spiro atoms. The third-order valence-corrected chi connectivity index (χ3v) is 3.07. The Morgan fingerprint density at radius 1 is 1.19 bits per heavy atom. The molecule has 16 heavy (non-hydrogen) atoms. The highest BCUT2D eigenvalue weighted by molar-refractivity contribution is 5.66. The zero-order valence-corrected chi connectivity index (χ0v) is 8.99. The van der Waals surface area contributed by atoms with Crippen LogP contribution in [-0.4, -0.2) is 4.98 Å². The monoisotopic (exact) mass is 214 g/mol. The number of rotatable bonds is 2. The number of hydrogen-bond acceptors (Lipinski definition) is 2. The van der Waals surface area contributed by atoms with Gasteiger partial charge in [0, 0.05) is 17.8 Å². The Kier molecular flexibility index (Phi) is 2.27. The van der Waals surface area contributed by atoms with Gasteiger partial charge in [-0.3, -0.25) is 0 Å². The molecule has 3 N–H and O–H groups in total. The van der Waals surface area contributed by atoms with Crippen molar-refractivity contribution in [3.8, 4) is 11.3 Å². The van der Waals surface area contributed by atoms with Crippen molar-refractivity contribution in [1.29, 1.82) is 0 Å². The van der Waals surface area contributed by atoms with Crippen LogP contribution in [0.2, 0.25) is 0 Å². The summed E-state index contributed by atoms with van der Waals surface area (Å²) in [5.41, 5.74) is 11.8. The number of benzene rings is 1. The average Bonchev–Trinajstić information content (AvgIpc) is 2.89. The van der Waals surface area contributed by atoms with E-state index in [1.807, 2.05) is 18.2 Å². The number of aromatic amines is 1. The van der Waals surface area contributed by atoms with Crippen molar-refractivity contribution >= 4 is 0 Å². The van der Waals surface area contributed by atoms with Gasteiger partial charge >= 0.3 is 0 Å². The van der Waals surface area contributed by atoms with Crippen LogP contribution in [0.3, 0.4) is 0 Å². The lowest BCUT2D eigenvalue weighted by atomic mass is 10.0. The number of hydrogen-bond donors (Lipinski definition) is 2. The molecule has 0 fully saturated rings. The summed E-state index contributed by atoms with van der Waals surface area (Å²) in [7, 11) is 0. The second-order valence-electron chi connectivity index (χ2n) is 4.00. The lowest BCUT2D eigenvalue weighted by molar-refractivity contribution is 0.132. The molecule has 0 saturated heterocycles. The highest BCUT2D eigenvalue weighted by Crippen LogP contribution is 2.31. The third-order valence-electron chi connectivity index (χ3n) is 3.07. The molecule has 0 bridgehead atoms. The van der Waals surface area contributed by atoms with Gasteiger partial charge in [-0.05, 0) is 11.1 Å². The second-order valence-corrected chi connectivity index (χ2v) is 4.00. The van der Waals surface area contributed by atoms with E-state index in [2.05, 4.69) is 17.1 Å². The van der Waals surface area contributed by atoms with Crippen LogP contribution in [0.15, 0.2) is 30.3 Å². The van der Waals surface area contributed by atoms with Gasteiger partial charge in [0.25, 0.3) is 0 Å². The molecule has 2 aromatic rings. The first-order chi connectivity index (χ1) is 7.90. The second kappa shape index (κ2) is 3.77. The standard InChI is InChI=1S/C13H14N2O/c14-6-10-11-7-16-8-12(11)15-13(10)9-4-2-1-3-5-9/h1-5,15H,6-8,14H2. The molecule has 82 valence electrons. The largest absolute Gasteiger partial charge is 0.370 e. The minimum atomic E-state index is 0.555. The summed E-state index contributed by atoms with van der Waals surface area (Å²) in [6.07, 6.45) is 0. The summed E-state index contributed by atoms with van der Waals surface area (Å²) in [6, 6.07) is 10.3. The van der Waals surface area contributed by atoms with Crippen molar-refractivity contribution < 1.29 is 4.74 Å². The van der Waals surface area contributed by atoms with Gasteiger partial charge in [0.1, 0.15) is 0 Å². The molecule has 0 radical (unpaired) electrons. The summed E-state index contributed by atoms with van der Waals surface area (Å²) < 4.78 is 5.40. The normalized spacial score (nSPS) is 14.1. The van der Waals surface area contributed by atoms with Crippen molar-refractivity contribution in [3.63, 3.8) is 0 Å². The number of nitrogens with one attached hydrogen (secondary N) is 1. The maximum Gasteiger partial charge on any atom is 0.0874 e. The fraction of sp³-hybridized carbons (Fsp3) is 0.231. The highest BCUT2D eigenvalue weighted by atomic mass is 16.5. The maximum atomic E-state index is 5.83. The molecule has 0 saturated carbocycles. The topological polar surface area (TPSA) is 51.0 Å². The van der Waals surface area contributed by atoms with Gasteiger partial charge in [0.2, 0.25) is 0 Å². The fourth-order valence-corrected chi connectivity index (χ4v) is 2.26. The van der Waals surface area contributed by atoms with Crippen LogP contribution in [0.25, 0.3) is 11.3 Å². The summed E-state index contributed by atoms with van der Waals surface area (Å²) in [5.74, 6) is 0. The van der Waals surface area contributed by atoms with Crippen molar-refractivity contribution in [3.05, 3.63) is 47.2 Å². The minimum Gasteiger partial charge on any atom is -0.370 e. The average molecular weight is 214 g/mol. The Morgan fingerprint density at radius 2 is 2.00 bits per heavy atom. The molecule has 2 heterocycles. The van der Waals surface area contributed by atoms with Crippen LogP contribution in [0, 0.1) is 0 Å². The summed E-state index contributed by atoms with van der Waals surface area (Å²) >= 11 is 0. The quantitative estimate of drug-likeness (QED) is 0.805. The van der Waals surface area contributed by atoms with Crippen LogP contribution < -0.4 is 5.73 Å². The van der Waals surface area contributed by atoms with Gasteiger partial charge in [0.05, 0.1) is 18.9 Å².